The first-order chi connectivity index (χ1) is 6.97. The van der Waals surface area contributed by atoms with Gasteiger partial charge in [-0.15, -0.1) is 0 Å². The predicted molar refractivity (Wildman–Crippen MR) is 58.4 cm³/mol. The van der Waals surface area contributed by atoms with E-state index in [-0.39, 0.29) is 0 Å². The van der Waals surface area contributed by atoms with Crippen LogP contribution in [0.3, 0.4) is 0 Å². The summed E-state index contributed by atoms with van der Waals surface area (Å²) >= 11 is 0. The van der Waals surface area contributed by atoms with Gasteiger partial charge in [0.1, 0.15) is 5.60 Å². The fourth-order valence-electron chi connectivity index (χ4n) is 1.02. The molecule has 0 aliphatic heterocycles. The van der Waals surface area contributed by atoms with E-state index in [2.05, 4.69) is 11.4 Å². The standard InChI is InChI=1S/C12H16NO2/c1-12(2,3)15-11(14)13-9-10-7-5-4-6-8-10/h4-7H,9H2,1-3H3,(H,13,14). The minimum atomic E-state index is -0.454. The number of nitrogens with one attached hydrogen (secondary N) is 1. The minimum absolute atomic E-state index is 0.403. The Kier molecular flexibility index (Phi) is 3.72. The molecule has 1 aromatic carbocycles. The van der Waals surface area contributed by atoms with E-state index in [1.165, 1.54) is 0 Å². The number of carbonyl (C=O) groups is 1. The summed E-state index contributed by atoms with van der Waals surface area (Å²) in [4.78, 5) is 11.3. The number of carbonyl (C=O) groups excluding carboxylic acids is 1. The first-order valence-corrected chi connectivity index (χ1v) is 4.90. The topological polar surface area (TPSA) is 38.3 Å². The number of ether oxygens (including phenoxy) is 1. The number of alkyl carbamates (subject to hydrolysis) is 1. The van der Waals surface area contributed by atoms with Gasteiger partial charge in [-0.3, -0.25) is 0 Å². The fourth-order valence-corrected chi connectivity index (χ4v) is 1.02. The van der Waals surface area contributed by atoms with Crippen LogP contribution in [0.2, 0.25) is 0 Å². The largest absolute Gasteiger partial charge is 0.444 e. The molecule has 1 radical (unpaired) electrons. The summed E-state index contributed by atoms with van der Waals surface area (Å²) in [5, 5.41) is 2.66. The summed E-state index contributed by atoms with van der Waals surface area (Å²) in [6.07, 6.45) is -0.403. The first kappa shape index (κ1) is 11.6. The molecule has 0 fully saturated rings. The second kappa shape index (κ2) is 4.82. The molecule has 0 aliphatic carbocycles. The Labute approximate surface area is 90.4 Å². The van der Waals surface area contributed by atoms with Crippen LogP contribution in [0.4, 0.5) is 4.79 Å². The molecule has 0 saturated heterocycles. The fraction of sp³-hybridized carbons (Fsp3) is 0.417. The summed E-state index contributed by atoms with van der Waals surface area (Å²) in [6, 6.07) is 10.5. The first-order valence-electron chi connectivity index (χ1n) is 4.90. The molecule has 0 bridgehead atoms. The van der Waals surface area contributed by atoms with Crippen molar-refractivity contribution in [3.05, 3.63) is 35.9 Å². The Bertz CT molecular complexity index is 314. The Morgan fingerprint density at radius 2 is 2.20 bits per heavy atom. The van der Waals surface area contributed by atoms with Gasteiger partial charge in [0, 0.05) is 6.54 Å². The van der Waals surface area contributed by atoms with E-state index in [9.17, 15) is 4.79 Å². The van der Waals surface area contributed by atoms with Gasteiger partial charge < -0.3 is 10.1 Å². The minimum Gasteiger partial charge on any atom is -0.444 e. The van der Waals surface area contributed by atoms with Crippen LogP contribution in [0.15, 0.2) is 24.3 Å². The van der Waals surface area contributed by atoms with Crippen LogP contribution in [0.25, 0.3) is 0 Å². The molecule has 1 amide bonds. The Balaban J connectivity index is 2.35. The summed E-state index contributed by atoms with van der Waals surface area (Å²) in [5.41, 5.74) is 0.480. The van der Waals surface area contributed by atoms with Gasteiger partial charge in [-0.25, -0.2) is 4.79 Å². The molecular formula is C12H16NO2. The highest BCUT2D eigenvalue weighted by molar-refractivity contribution is 5.67. The molecule has 1 rings (SSSR count). The van der Waals surface area contributed by atoms with E-state index in [0.29, 0.717) is 6.54 Å². The quantitative estimate of drug-likeness (QED) is 0.807. The zero-order valence-corrected chi connectivity index (χ0v) is 9.33. The molecule has 1 N–H and O–H groups in total. The molecule has 0 heterocycles. The van der Waals surface area contributed by atoms with Crippen molar-refractivity contribution in [3.8, 4) is 0 Å². The predicted octanol–water partition coefficient (Wildman–Crippen LogP) is 2.51. The Hall–Kier alpha value is -1.51. The monoisotopic (exact) mass is 206 g/mol. The van der Waals surface area contributed by atoms with Gasteiger partial charge >= 0.3 is 6.09 Å². The summed E-state index contributed by atoms with van der Waals surface area (Å²) in [5.74, 6) is 0. The third-order valence-corrected chi connectivity index (χ3v) is 1.60. The molecule has 0 saturated carbocycles. The SMILES string of the molecule is CC(C)(C)OC(=O)NCc1[c]cccc1. The lowest BCUT2D eigenvalue weighted by Gasteiger charge is -2.19. The Morgan fingerprint density at radius 1 is 1.47 bits per heavy atom. The van der Waals surface area contributed by atoms with E-state index in [1.807, 2.05) is 45.0 Å². The number of hydrogen-bond donors (Lipinski definition) is 1. The molecular weight excluding hydrogens is 190 g/mol. The second-order valence-corrected chi connectivity index (χ2v) is 4.24. The molecule has 3 nitrogen and oxygen atoms in total. The van der Waals surface area contributed by atoms with Crippen molar-refractivity contribution in [3.63, 3.8) is 0 Å². The van der Waals surface area contributed by atoms with Crippen LogP contribution in [-0.2, 0) is 11.3 Å². The smallest absolute Gasteiger partial charge is 0.407 e. The van der Waals surface area contributed by atoms with Gasteiger partial charge in [-0.2, -0.15) is 0 Å². The van der Waals surface area contributed by atoms with Crippen LogP contribution < -0.4 is 5.32 Å². The maximum absolute atomic E-state index is 11.3. The van der Waals surface area contributed by atoms with E-state index in [0.717, 1.165) is 5.56 Å². The van der Waals surface area contributed by atoms with Crippen molar-refractivity contribution >= 4 is 6.09 Å². The molecule has 15 heavy (non-hydrogen) atoms. The Morgan fingerprint density at radius 3 is 2.73 bits per heavy atom. The van der Waals surface area contributed by atoms with Crippen LogP contribution in [0.5, 0.6) is 0 Å². The second-order valence-electron chi connectivity index (χ2n) is 4.24. The van der Waals surface area contributed by atoms with E-state index < -0.39 is 11.7 Å². The summed E-state index contributed by atoms with van der Waals surface area (Å²) in [7, 11) is 0. The zero-order valence-electron chi connectivity index (χ0n) is 9.33. The summed E-state index contributed by atoms with van der Waals surface area (Å²) < 4.78 is 5.10. The number of benzene rings is 1. The molecule has 0 atom stereocenters. The molecule has 1 aromatic rings. The lowest BCUT2D eigenvalue weighted by Crippen LogP contribution is -2.32. The molecule has 0 aliphatic rings. The van der Waals surface area contributed by atoms with Crippen molar-refractivity contribution < 1.29 is 9.53 Å². The molecule has 3 heteroatoms. The number of rotatable bonds is 2. The average Bonchev–Trinajstić information content (AvgIpc) is 2.14. The molecule has 0 spiro atoms. The zero-order chi connectivity index (χ0) is 11.3. The van der Waals surface area contributed by atoms with Crippen LogP contribution in [0.1, 0.15) is 26.3 Å². The van der Waals surface area contributed by atoms with Gasteiger partial charge in [0.2, 0.25) is 0 Å². The highest BCUT2D eigenvalue weighted by atomic mass is 16.6. The molecule has 81 valence electrons. The van der Waals surface area contributed by atoms with Gasteiger partial charge in [0.15, 0.2) is 0 Å². The van der Waals surface area contributed by atoms with E-state index in [1.54, 1.807) is 0 Å². The van der Waals surface area contributed by atoms with E-state index in [4.69, 9.17) is 4.74 Å². The van der Waals surface area contributed by atoms with Crippen molar-refractivity contribution in [2.75, 3.05) is 0 Å². The van der Waals surface area contributed by atoms with Crippen LogP contribution in [0, 0.1) is 6.07 Å². The van der Waals surface area contributed by atoms with Crippen molar-refractivity contribution in [1.82, 2.24) is 5.32 Å². The highest BCUT2D eigenvalue weighted by Gasteiger charge is 2.15. The third kappa shape index (κ3) is 5.05. The number of amides is 1. The lowest BCUT2D eigenvalue weighted by atomic mass is 10.2. The van der Waals surface area contributed by atoms with Crippen LogP contribution in [-0.4, -0.2) is 11.7 Å². The van der Waals surface area contributed by atoms with Crippen LogP contribution >= 0.6 is 0 Å². The van der Waals surface area contributed by atoms with Crippen molar-refractivity contribution in [2.45, 2.75) is 32.9 Å². The third-order valence-electron chi connectivity index (χ3n) is 1.60. The summed E-state index contributed by atoms with van der Waals surface area (Å²) in [6.45, 7) is 5.94. The highest BCUT2D eigenvalue weighted by Crippen LogP contribution is 2.06. The maximum atomic E-state index is 11.3. The molecule has 0 unspecified atom stereocenters. The normalized spacial score (nSPS) is 10.9. The lowest BCUT2D eigenvalue weighted by molar-refractivity contribution is 0.0523. The maximum Gasteiger partial charge on any atom is 0.407 e. The van der Waals surface area contributed by atoms with Crippen molar-refractivity contribution in [1.29, 1.82) is 0 Å². The van der Waals surface area contributed by atoms with Gasteiger partial charge in [0.05, 0.1) is 0 Å². The number of hydrogen-bond acceptors (Lipinski definition) is 2. The average molecular weight is 206 g/mol. The van der Waals surface area contributed by atoms with Gasteiger partial charge in [-0.05, 0) is 32.4 Å². The van der Waals surface area contributed by atoms with Gasteiger partial charge in [-0.1, -0.05) is 24.3 Å². The van der Waals surface area contributed by atoms with Gasteiger partial charge in [0.25, 0.3) is 0 Å². The molecule has 0 aromatic heterocycles. The van der Waals surface area contributed by atoms with Crippen molar-refractivity contribution in [2.24, 2.45) is 0 Å². The van der Waals surface area contributed by atoms with E-state index >= 15 is 0 Å².